The maximum atomic E-state index is 13.4. The van der Waals surface area contributed by atoms with Gasteiger partial charge in [-0.2, -0.15) is 0 Å². The molecule has 5 heteroatoms. The topological polar surface area (TPSA) is 46.5 Å². The molecule has 0 amide bonds. The van der Waals surface area contributed by atoms with Gasteiger partial charge in [0.15, 0.2) is 6.10 Å². The molecule has 0 heterocycles. The van der Waals surface area contributed by atoms with Crippen LogP contribution >= 0.6 is 15.9 Å². The van der Waals surface area contributed by atoms with E-state index in [1.54, 1.807) is 6.92 Å². The normalized spacial score (nSPS) is 12.3. The van der Waals surface area contributed by atoms with E-state index in [0.717, 1.165) is 7.11 Å². The van der Waals surface area contributed by atoms with Gasteiger partial charge in [0, 0.05) is 5.56 Å². The number of aliphatic hydroxyl groups is 1. The monoisotopic (exact) mass is 276 g/mol. The van der Waals surface area contributed by atoms with E-state index in [9.17, 15) is 14.3 Å². The number of esters is 1. The molecule has 0 fully saturated rings. The Morgan fingerprint density at radius 3 is 2.73 bits per heavy atom. The van der Waals surface area contributed by atoms with Crippen LogP contribution < -0.4 is 0 Å². The molecule has 1 rings (SSSR count). The van der Waals surface area contributed by atoms with E-state index in [-0.39, 0.29) is 10.0 Å². The first-order valence-electron chi connectivity index (χ1n) is 4.19. The van der Waals surface area contributed by atoms with Gasteiger partial charge in [-0.1, -0.05) is 12.1 Å². The Hall–Kier alpha value is -0.940. The molecular formula is C10H10BrFO3. The first-order valence-corrected chi connectivity index (χ1v) is 4.98. The van der Waals surface area contributed by atoms with E-state index >= 15 is 0 Å². The van der Waals surface area contributed by atoms with Crippen LogP contribution in [0.4, 0.5) is 4.39 Å². The second-order valence-corrected chi connectivity index (χ2v) is 3.82. The summed E-state index contributed by atoms with van der Waals surface area (Å²) in [6.07, 6.45) is -1.47. The van der Waals surface area contributed by atoms with Gasteiger partial charge in [0.1, 0.15) is 5.82 Å². The zero-order valence-corrected chi connectivity index (χ0v) is 9.84. The highest BCUT2D eigenvalue weighted by atomic mass is 79.9. The first kappa shape index (κ1) is 12.1. The molecule has 1 aromatic rings. The molecule has 82 valence electrons. The molecule has 1 unspecified atom stereocenters. The molecule has 15 heavy (non-hydrogen) atoms. The third-order valence-corrected chi connectivity index (χ3v) is 2.83. The van der Waals surface area contributed by atoms with Crippen LogP contribution in [0.15, 0.2) is 16.6 Å². The quantitative estimate of drug-likeness (QED) is 0.842. The standard InChI is InChI=1S/C10H10BrFO3/c1-5-3-4-6(7(11)8(5)12)9(13)10(14)15-2/h3-4,9,13H,1-2H3. The van der Waals surface area contributed by atoms with Crippen molar-refractivity contribution in [2.24, 2.45) is 0 Å². The SMILES string of the molecule is COC(=O)C(O)c1ccc(C)c(F)c1Br. The lowest BCUT2D eigenvalue weighted by Crippen LogP contribution is -2.14. The van der Waals surface area contributed by atoms with E-state index in [1.807, 2.05) is 0 Å². The lowest BCUT2D eigenvalue weighted by atomic mass is 10.1. The van der Waals surface area contributed by atoms with Crippen molar-refractivity contribution >= 4 is 21.9 Å². The molecule has 0 aliphatic heterocycles. The number of halogens is 2. The second-order valence-electron chi connectivity index (χ2n) is 3.03. The Morgan fingerprint density at radius 2 is 2.20 bits per heavy atom. The van der Waals surface area contributed by atoms with E-state index in [1.165, 1.54) is 12.1 Å². The van der Waals surface area contributed by atoms with Gasteiger partial charge in [0.2, 0.25) is 0 Å². The van der Waals surface area contributed by atoms with Crippen LogP contribution in [0.1, 0.15) is 17.2 Å². The molecule has 1 N–H and O–H groups in total. The van der Waals surface area contributed by atoms with Crippen LogP contribution in [0.25, 0.3) is 0 Å². The van der Waals surface area contributed by atoms with Gasteiger partial charge >= 0.3 is 5.97 Å². The van der Waals surface area contributed by atoms with Crippen LogP contribution in [0.2, 0.25) is 0 Å². The van der Waals surface area contributed by atoms with Gasteiger partial charge < -0.3 is 9.84 Å². The van der Waals surface area contributed by atoms with Crippen molar-refractivity contribution in [2.45, 2.75) is 13.0 Å². The predicted molar refractivity (Wildman–Crippen MR) is 55.8 cm³/mol. The van der Waals surface area contributed by atoms with Crippen LogP contribution in [0.3, 0.4) is 0 Å². The smallest absolute Gasteiger partial charge is 0.339 e. The number of carbonyl (C=O) groups excluding carboxylic acids is 1. The van der Waals surface area contributed by atoms with Gasteiger partial charge in [-0.15, -0.1) is 0 Å². The summed E-state index contributed by atoms with van der Waals surface area (Å²) in [4.78, 5) is 11.0. The fourth-order valence-corrected chi connectivity index (χ4v) is 1.77. The molecule has 0 saturated carbocycles. The second kappa shape index (κ2) is 4.72. The fraction of sp³-hybridized carbons (Fsp3) is 0.300. The van der Waals surface area contributed by atoms with E-state index in [2.05, 4.69) is 20.7 Å². The Labute approximate surface area is 95.0 Å². The van der Waals surface area contributed by atoms with Crippen molar-refractivity contribution < 1.29 is 19.0 Å². The van der Waals surface area contributed by atoms with Gasteiger partial charge in [-0.05, 0) is 28.4 Å². The van der Waals surface area contributed by atoms with E-state index in [4.69, 9.17) is 0 Å². The molecule has 0 bridgehead atoms. The Balaban J connectivity index is 3.16. The molecule has 0 aliphatic carbocycles. The first-order chi connectivity index (χ1) is 6.99. The molecule has 0 spiro atoms. The number of hydrogen-bond donors (Lipinski definition) is 1. The summed E-state index contributed by atoms with van der Waals surface area (Å²) in [7, 11) is 1.16. The van der Waals surface area contributed by atoms with Crippen LogP contribution in [-0.4, -0.2) is 18.2 Å². The molecule has 1 atom stereocenters. The van der Waals surface area contributed by atoms with Crippen LogP contribution in [0, 0.1) is 12.7 Å². The predicted octanol–water partition coefficient (Wildman–Crippen LogP) is 2.10. The highest BCUT2D eigenvalue weighted by molar-refractivity contribution is 9.10. The van der Waals surface area contributed by atoms with Gasteiger partial charge in [-0.3, -0.25) is 0 Å². The number of benzene rings is 1. The summed E-state index contributed by atoms with van der Waals surface area (Å²) in [5, 5.41) is 9.51. The minimum absolute atomic E-state index is 0.0837. The number of carbonyl (C=O) groups is 1. The number of rotatable bonds is 2. The zero-order valence-electron chi connectivity index (χ0n) is 8.25. The molecule has 0 saturated heterocycles. The maximum Gasteiger partial charge on any atom is 0.339 e. The van der Waals surface area contributed by atoms with Crippen molar-refractivity contribution in [1.29, 1.82) is 0 Å². The van der Waals surface area contributed by atoms with E-state index in [0.29, 0.717) is 5.56 Å². The largest absolute Gasteiger partial charge is 0.467 e. The number of aryl methyl sites for hydroxylation is 1. The van der Waals surface area contributed by atoms with E-state index < -0.39 is 17.9 Å². The maximum absolute atomic E-state index is 13.4. The fourth-order valence-electron chi connectivity index (χ4n) is 1.11. The molecule has 0 aliphatic rings. The average molecular weight is 277 g/mol. The van der Waals surface area contributed by atoms with Crippen molar-refractivity contribution in [3.8, 4) is 0 Å². The van der Waals surface area contributed by atoms with Gasteiger partial charge in [-0.25, -0.2) is 9.18 Å². The minimum Gasteiger partial charge on any atom is -0.467 e. The van der Waals surface area contributed by atoms with Crippen molar-refractivity contribution in [1.82, 2.24) is 0 Å². The summed E-state index contributed by atoms with van der Waals surface area (Å²) >= 11 is 2.99. The molecule has 1 aromatic carbocycles. The van der Waals surface area contributed by atoms with Crippen LogP contribution in [-0.2, 0) is 9.53 Å². The summed E-state index contributed by atoms with van der Waals surface area (Å²) in [6, 6.07) is 2.96. The average Bonchev–Trinajstić information content (AvgIpc) is 2.24. The van der Waals surface area contributed by atoms with Crippen molar-refractivity contribution in [3.63, 3.8) is 0 Å². The molecule has 0 radical (unpaired) electrons. The van der Waals surface area contributed by atoms with Gasteiger partial charge in [0.25, 0.3) is 0 Å². The Bertz CT molecular complexity index is 392. The molecular weight excluding hydrogens is 267 g/mol. The number of hydrogen-bond acceptors (Lipinski definition) is 3. The third kappa shape index (κ3) is 2.35. The molecule has 3 nitrogen and oxygen atoms in total. The third-order valence-electron chi connectivity index (χ3n) is 2.02. The van der Waals surface area contributed by atoms with Crippen molar-refractivity contribution in [3.05, 3.63) is 33.5 Å². The molecule has 0 aromatic heterocycles. The number of methoxy groups -OCH3 is 1. The lowest BCUT2D eigenvalue weighted by Gasteiger charge is -2.11. The highest BCUT2D eigenvalue weighted by Crippen LogP contribution is 2.28. The highest BCUT2D eigenvalue weighted by Gasteiger charge is 2.22. The van der Waals surface area contributed by atoms with Crippen LogP contribution in [0.5, 0.6) is 0 Å². The van der Waals surface area contributed by atoms with Crippen molar-refractivity contribution in [2.75, 3.05) is 7.11 Å². The Kier molecular flexibility index (Phi) is 3.82. The number of aliphatic hydroxyl groups excluding tert-OH is 1. The summed E-state index contributed by atoms with van der Waals surface area (Å²) in [5.74, 6) is -1.31. The lowest BCUT2D eigenvalue weighted by molar-refractivity contribution is -0.150. The summed E-state index contributed by atoms with van der Waals surface area (Å²) in [5.41, 5.74) is 0.590. The number of ether oxygens (including phenoxy) is 1. The minimum atomic E-state index is -1.47. The summed E-state index contributed by atoms with van der Waals surface area (Å²) in [6.45, 7) is 1.59. The zero-order chi connectivity index (χ0) is 11.6. The Morgan fingerprint density at radius 1 is 1.60 bits per heavy atom. The summed E-state index contributed by atoms with van der Waals surface area (Å²) < 4.78 is 17.9. The van der Waals surface area contributed by atoms with Gasteiger partial charge in [0.05, 0.1) is 11.6 Å².